The maximum atomic E-state index is 11.6. The number of aromatic nitrogens is 1. The number of carbonyl (C=O) groups is 1. The van der Waals surface area contributed by atoms with Crippen molar-refractivity contribution < 1.29 is 13.9 Å². The van der Waals surface area contributed by atoms with Crippen LogP contribution in [-0.2, 0) is 6.54 Å². The van der Waals surface area contributed by atoms with Gasteiger partial charge in [-0.2, -0.15) is 0 Å². The summed E-state index contributed by atoms with van der Waals surface area (Å²) >= 11 is 0. The molecular formula is C15H12N2O3. The van der Waals surface area contributed by atoms with Crippen molar-refractivity contribution in [3.8, 4) is 5.75 Å². The van der Waals surface area contributed by atoms with Gasteiger partial charge in [0.2, 0.25) is 0 Å². The van der Waals surface area contributed by atoms with E-state index in [0.717, 1.165) is 10.9 Å². The van der Waals surface area contributed by atoms with Gasteiger partial charge in [0.05, 0.1) is 18.3 Å². The first kappa shape index (κ1) is 12.2. The van der Waals surface area contributed by atoms with Gasteiger partial charge < -0.3 is 14.5 Å². The molecule has 3 aromatic rings. The molecule has 3 rings (SSSR count). The van der Waals surface area contributed by atoms with Crippen molar-refractivity contribution >= 4 is 17.0 Å². The fraction of sp³-hybridized carbons (Fsp3) is 0.0667. The summed E-state index contributed by atoms with van der Waals surface area (Å²) in [4.78, 5) is 15.9. The summed E-state index contributed by atoms with van der Waals surface area (Å²) in [5, 5.41) is 3.60. The van der Waals surface area contributed by atoms with Gasteiger partial charge in [-0.1, -0.05) is 6.07 Å². The second-order valence-corrected chi connectivity index (χ2v) is 4.18. The van der Waals surface area contributed by atoms with E-state index in [4.69, 9.17) is 9.15 Å². The molecule has 0 aliphatic rings. The molecule has 5 heteroatoms. The Bertz CT molecular complexity index is 723. The van der Waals surface area contributed by atoms with Gasteiger partial charge in [0.25, 0.3) is 0 Å². The van der Waals surface area contributed by atoms with Gasteiger partial charge >= 0.3 is 6.09 Å². The van der Waals surface area contributed by atoms with E-state index in [1.165, 1.54) is 0 Å². The van der Waals surface area contributed by atoms with Crippen LogP contribution in [0.2, 0.25) is 0 Å². The number of rotatable bonds is 3. The number of carbonyl (C=O) groups excluding carboxylic acids is 1. The highest BCUT2D eigenvalue weighted by atomic mass is 16.6. The number of nitrogens with zero attached hydrogens (tertiary/aromatic N) is 1. The van der Waals surface area contributed by atoms with Gasteiger partial charge in [0, 0.05) is 17.6 Å². The van der Waals surface area contributed by atoms with Crippen molar-refractivity contribution in [1.29, 1.82) is 0 Å². The number of hydrogen-bond acceptors (Lipinski definition) is 4. The molecule has 0 aliphatic carbocycles. The lowest BCUT2D eigenvalue weighted by atomic mass is 10.2. The Morgan fingerprint density at radius 2 is 2.20 bits per heavy atom. The maximum Gasteiger partial charge on any atom is 0.412 e. The molecule has 0 radical (unpaired) electrons. The third kappa shape index (κ3) is 2.77. The van der Waals surface area contributed by atoms with Crippen molar-refractivity contribution in [2.75, 3.05) is 0 Å². The third-order valence-corrected chi connectivity index (χ3v) is 2.77. The number of fused-ring (bicyclic) bond motifs is 1. The van der Waals surface area contributed by atoms with E-state index in [0.29, 0.717) is 11.5 Å². The topological polar surface area (TPSA) is 64.4 Å². The number of pyridine rings is 1. The van der Waals surface area contributed by atoms with Crippen LogP contribution in [0.3, 0.4) is 0 Å². The third-order valence-electron chi connectivity index (χ3n) is 2.77. The average Bonchev–Trinajstić information content (AvgIpc) is 2.98. The Balaban J connectivity index is 1.65. The molecule has 2 aromatic heterocycles. The Morgan fingerprint density at radius 3 is 3.05 bits per heavy atom. The van der Waals surface area contributed by atoms with Gasteiger partial charge in [-0.3, -0.25) is 4.98 Å². The number of nitrogens with one attached hydrogen (secondary N) is 1. The summed E-state index contributed by atoms with van der Waals surface area (Å²) in [6.07, 6.45) is 2.72. The number of hydrogen-bond donors (Lipinski definition) is 1. The van der Waals surface area contributed by atoms with Gasteiger partial charge in [-0.15, -0.1) is 0 Å². The average molecular weight is 268 g/mol. The Kier molecular flexibility index (Phi) is 3.33. The zero-order chi connectivity index (χ0) is 13.8. The normalized spacial score (nSPS) is 10.4. The number of ether oxygens (including phenoxy) is 1. The summed E-state index contributed by atoms with van der Waals surface area (Å²) in [5.41, 5.74) is 0.781. The number of amides is 1. The van der Waals surface area contributed by atoms with Crippen molar-refractivity contribution in [2.45, 2.75) is 6.54 Å². The SMILES string of the molecule is O=C(NCc1ccco1)Oc1ccc2cccnc2c1. The number of furan rings is 1. The minimum Gasteiger partial charge on any atom is -0.467 e. The smallest absolute Gasteiger partial charge is 0.412 e. The molecule has 0 unspecified atom stereocenters. The molecule has 1 N–H and O–H groups in total. The molecule has 0 bridgehead atoms. The van der Waals surface area contributed by atoms with Gasteiger partial charge in [-0.05, 0) is 30.3 Å². The van der Waals surface area contributed by atoms with E-state index >= 15 is 0 Å². The van der Waals surface area contributed by atoms with Crippen molar-refractivity contribution in [1.82, 2.24) is 10.3 Å². The lowest BCUT2D eigenvalue weighted by Gasteiger charge is -2.06. The second-order valence-electron chi connectivity index (χ2n) is 4.18. The summed E-state index contributed by atoms with van der Waals surface area (Å²) in [7, 11) is 0. The second kappa shape index (κ2) is 5.44. The van der Waals surface area contributed by atoms with E-state index in [1.54, 1.807) is 36.7 Å². The molecule has 0 fully saturated rings. The van der Waals surface area contributed by atoms with E-state index in [9.17, 15) is 4.79 Å². The molecule has 20 heavy (non-hydrogen) atoms. The first-order valence-corrected chi connectivity index (χ1v) is 6.14. The first-order chi connectivity index (χ1) is 9.81. The number of benzene rings is 1. The fourth-order valence-corrected chi connectivity index (χ4v) is 1.83. The molecule has 0 saturated heterocycles. The summed E-state index contributed by atoms with van der Waals surface area (Å²) in [6.45, 7) is 0.289. The molecule has 0 aliphatic heterocycles. The van der Waals surface area contributed by atoms with Crippen LogP contribution in [-0.4, -0.2) is 11.1 Å². The standard InChI is InChI=1S/C15H12N2O3/c18-15(17-10-13-4-2-8-19-13)20-12-6-5-11-3-1-7-16-14(11)9-12/h1-9H,10H2,(H,17,18). The first-order valence-electron chi connectivity index (χ1n) is 6.14. The van der Waals surface area contributed by atoms with Crippen molar-refractivity contribution in [2.24, 2.45) is 0 Å². The summed E-state index contributed by atoms with van der Waals surface area (Å²) in [6, 6.07) is 12.7. The molecule has 0 saturated carbocycles. The van der Waals surface area contributed by atoms with E-state index in [1.807, 2.05) is 18.2 Å². The minimum atomic E-state index is -0.531. The van der Waals surface area contributed by atoms with E-state index in [-0.39, 0.29) is 6.54 Å². The molecule has 5 nitrogen and oxygen atoms in total. The lowest BCUT2D eigenvalue weighted by Crippen LogP contribution is -2.26. The molecule has 1 amide bonds. The fourth-order valence-electron chi connectivity index (χ4n) is 1.83. The molecule has 0 spiro atoms. The van der Waals surface area contributed by atoms with Crippen LogP contribution in [0.15, 0.2) is 59.3 Å². The van der Waals surface area contributed by atoms with Crippen LogP contribution < -0.4 is 10.1 Å². The highest BCUT2D eigenvalue weighted by Crippen LogP contribution is 2.18. The zero-order valence-corrected chi connectivity index (χ0v) is 10.6. The van der Waals surface area contributed by atoms with Gasteiger partial charge in [-0.25, -0.2) is 4.79 Å². The van der Waals surface area contributed by atoms with E-state index in [2.05, 4.69) is 10.3 Å². The Morgan fingerprint density at radius 1 is 1.25 bits per heavy atom. The molecule has 100 valence electrons. The molecule has 1 aromatic carbocycles. The minimum absolute atomic E-state index is 0.289. The molecule has 2 heterocycles. The Hall–Kier alpha value is -2.82. The van der Waals surface area contributed by atoms with Crippen LogP contribution in [0, 0.1) is 0 Å². The predicted octanol–water partition coefficient (Wildman–Crippen LogP) is 3.12. The molecular weight excluding hydrogens is 256 g/mol. The largest absolute Gasteiger partial charge is 0.467 e. The zero-order valence-electron chi connectivity index (χ0n) is 10.6. The lowest BCUT2D eigenvalue weighted by molar-refractivity contribution is 0.199. The Labute approximate surface area is 115 Å². The maximum absolute atomic E-state index is 11.6. The molecule has 0 atom stereocenters. The highest BCUT2D eigenvalue weighted by Gasteiger charge is 2.06. The summed E-state index contributed by atoms with van der Waals surface area (Å²) in [5.74, 6) is 1.12. The van der Waals surface area contributed by atoms with Crippen molar-refractivity contribution in [3.63, 3.8) is 0 Å². The monoisotopic (exact) mass is 268 g/mol. The van der Waals surface area contributed by atoms with Crippen LogP contribution in [0.25, 0.3) is 10.9 Å². The van der Waals surface area contributed by atoms with Crippen LogP contribution >= 0.6 is 0 Å². The summed E-state index contributed by atoms with van der Waals surface area (Å²) < 4.78 is 10.3. The van der Waals surface area contributed by atoms with Gasteiger partial charge in [0.1, 0.15) is 11.5 Å². The predicted molar refractivity (Wildman–Crippen MR) is 73.3 cm³/mol. The van der Waals surface area contributed by atoms with Gasteiger partial charge in [0.15, 0.2) is 0 Å². The highest BCUT2D eigenvalue weighted by molar-refractivity contribution is 5.81. The van der Waals surface area contributed by atoms with E-state index < -0.39 is 6.09 Å². The van der Waals surface area contributed by atoms with Crippen LogP contribution in [0.1, 0.15) is 5.76 Å². The quantitative estimate of drug-likeness (QED) is 0.792. The van der Waals surface area contributed by atoms with Crippen LogP contribution in [0.4, 0.5) is 4.79 Å². The van der Waals surface area contributed by atoms with Crippen molar-refractivity contribution in [3.05, 3.63) is 60.7 Å². The van der Waals surface area contributed by atoms with Crippen LogP contribution in [0.5, 0.6) is 5.75 Å².